The van der Waals surface area contributed by atoms with Crippen molar-refractivity contribution in [2.45, 2.75) is 36.0 Å². The smallest absolute Gasteiger partial charge is 0.0388 e. The van der Waals surface area contributed by atoms with Crippen LogP contribution in [0.1, 0.15) is 41.9 Å². The monoisotopic (exact) mass is 362 g/mol. The van der Waals surface area contributed by atoms with Gasteiger partial charge in [-0.2, -0.15) is 36.2 Å². The standard InChI is InChI=1S/C20H26S3/c1-3-16(2)22-15-20(18-12-8-5-9-13-18)23-14-19(21)17-10-6-4-7-11-17/h4-13,16,19-21H,3,14-15H2,1-2H3. The maximum atomic E-state index is 4.81. The first kappa shape index (κ1) is 18.8. The zero-order valence-corrected chi connectivity index (χ0v) is 16.4. The summed E-state index contributed by atoms with van der Waals surface area (Å²) >= 11 is 8.92. The van der Waals surface area contributed by atoms with Crippen LogP contribution in [0.3, 0.4) is 0 Å². The fourth-order valence-electron chi connectivity index (χ4n) is 2.26. The highest BCUT2D eigenvalue weighted by atomic mass is 32.2. The average Bonchev–Trinajstić information content (AvgIpc) is 2.62. The minimum Gasteiger partial charge on any atom is -0.170 e. The molecule has 0 saturated carbocycles. The minimum absolute atomic E-state index is 0.293. The van der Waals surface area contributed by atoms with Gasteiger partial charge >= 0.3 is 0 Å². The number of thiol groups is 1. The van der Waals surface area contributed by atoms with Crippen molar-refractivity contribution in [2.75, 3.05) is 11.5 Å². The van der Waals surface area contributed by atoms with E-state index in [2.05, 4.69) is 86.3 Å². The molecule has 23 heavy (non-hydrogen) atoms. The molecule has 0 spiro atoms. The van der Waals surface area contributed by atoms with E-state index in [4.69, 9.17) is 12.6 Å². The summed E-state index contributed by atoms with van der Waals surface area (Å²) in [5.41, 5.74) is 2.74. The topological polar surface area (TPSA) is 0 Å². The molecular formula is C20H26S3. The Balaban J connectivity index is 1.97. The van der Waals surface area contributed by atoms with Crippen molar-refractivity contribution in [3.8, 4) is 0 Å². The van der Waals surface area contributed by atoms with E-state index in [1.54, 1.807) is 0 Å². The molecule has 2 aromatic carbocycles. The summed E-state index contributed by atoms with van der Waals surface area (Å²) in [6.07, 6.45) is 1.23. The normalized spacial score (nSPS) is 15.1. The van der Waals surface area contributed by atoms with Gasteiger partial charge in [0.15, 0.2) is 0 Å². The van der Waals surface area contributed by atoms with Crippen LogP contribution in [0.5, 0.6) is 0 Å². The lowest BCUT2D eigenvalue weighted by molar-refractivity contribution is 0.902. The van der Waals surface area contributed by atoms with Crippen molar-refractivity contribution >= 4 is 36.2 Å². The van der Waals surface area contributed by atoms with E-state index in [0.717, 1.165) is 11.0 Å². The lowest BCUT2D eigenvalue weighted by Gasteiger charge is -2.21. The average molecular weight is 363 g/mol. The van der Waals surface area contributed by atoms with E-state index < -0.39 is 0 Å². The first-order chi connectivity index (χ1) is 11.2. The SMILES string of the molecule is CCC(C)SCC(SCC(S)c1ccccc1)c1ccccc1. The van der Waals surface area contributed by atoms with Gasteiger partial charge in [0, 0.05) is 27.3 Å². The van der Waals surface area contributed by atoms with Crippen LogP contribution in [-0.2, 0) is 0 Å². The van der Waals surface area contributed by atoms with Gasteiger partial charge in [-0.25, -0.2) is 0 Å². The van der Waals surface area contributed by atoms with Crippen molar-refractivity contribution in [3.05, 3.63) is 71.8 Å². The van der Waals surface area contributed by atoms with Gasteiger partial charge < -0.3 is 0 Å². The Hall–Kier alpha value is -0.510. The molecule has 0 amide bonds. The molecule has 0 bridgehead atoms. The largest absolute Gasteiger partial charge is 0.170 e. The molecule has 0 radical (unpaired) electrons. The van der Waals surface area contributed by atoms with Crippen LogP contribution in [0.2, 0.25) is 0 Å². The molecule has 0 N–H and O–H groups in total. The highest BCUT2D eigenvalue weighted by molar-refractivity contribution is 8.03. The van der Waals surface area contributed by atoms with E-state index in [1.807, 2.05) is 11.8 Å². The molecule has 3 atom stereocenters. The molecule has 0 heterocycles. The Labute approximate surface area is 155 Å². The van der Waals surface area contributed by atoms with Crippen molar-refractivity contribution in [3.63, 3.8) is 0 Å². The molecule has 3 heteroatoms. The summed E-state index contributed by atoms with van der Waals surface area (Å²) in [5, 5.41) is 1.55. The van der Waals surface area contributed by atoms with Crippen LogP contribution in [0.15, 0.2) is 60.7 Å². The second-order valence-corrected chi connectivity index (χ2v) is 9.04. The number of benzene rings is 2. The summed E-state index contributed by atoms with van der Waals surface area (Å²) in [4.78, 5) is 0. The number of hydrogen-bond donors (Lipinski definition) is 1. The van der Waals surface area contributed by atoms with Gasteiger partial charge in [-0.05, 0) is 17.5 Å². The summed E-state index contributed by atoms with van der Waals surface area (Å²) in [6, 6.07) is 21.5. The number of rotatable bonds is 9. The van der Waals surface area contributed by atoms with Gasteiger partial charge in [0.05, 0.1) is 0 Å². The fraction of sp³-hybridized carbons (Fsp3) is 0.400. The maximum Gasteiger partial charge on any atom is 0.0388 e. The molecule has 0 nitrogen and oxygen atoms in total. The van der Waals surface area contributed by atoms with Crippen LogP contribution in [-0.4, -0.2) is 16.8 Å². The van der Waals surface area contributed by atoms with Gasteiger partial charge in [-0.3, -0.25) is 0 Å². The highest BCUT2D eigenvalue weighted by Gasteiger charge is 2.16. The van der Waals surface area contributed by atoms with Gasteiger partial charge in [-0.15, -0.1) is 0 Å². The van der Waals surface area contributed by atoms with Crippen LogP contribution >= 0.6 is 36.2 Å². The summed E-state index contributed by atoms with van der Waals surface area (Å²) in [6.45, 7) is 4.59. The Kier molecular flexibility index (Phi) is 8.49. The first-order valence-corrected chi connectivity index (χ1v) is 10.8. The van der Waals surface area contributed by atoms with Gasteiger partial charge in [0.1, 0.15) is 0 Å². The molecule has 2 rings (SSSR count). The first-order valence-electron chi connectivity index (χ1n) is 8.21. The van der Waals surface area contributed by atoms with Crippen LogP contribution < -0.4 is 0 Å². The third-order valence-corrected chi connectivity index (χ3v) is 7.65. The van der Waals surface area contributed by atoms with Crippen molar-refractivity contribution in [2.24, 2.45) is 0 Å². The molecule has 3 unspecified atom stereocenters. The van der Waals surface area contributed by atoms with Crippen LogP contribution in [0.25, 0.3) is 0 Å². The van der Waals surface area contributed by atoms with E-state index in [9.17, 15) is 0 Å². The van der Waals surface area contributed by atoms with Crippen LogP contribution in [0.4, 0.5) is 0 Å². The molecule has 0 fully saturated rings. The van der Waals surface area contributed by atoms with E-state index in [0.29, 0.717) is 10.5 Å². The Morgan fingerprint density at radius 2 is 1.39 bits per heavy atom. The number of hydrogen-bond acceptors (Lipinski definition) is 3. The highest BCUT2D eigenvalue weighted by Crippen LogP contribution is 2.37. The molecular weight excluding hydrogens is 336 g/mol. The summed E-state index contributed by atoms with van der Waals surface area (Å²) in [7, 11) is 0. The third kappa shape index (κ3) is 6.48. The minimum atomic E-state index is 0.293. The quantitative estimate of drug-likeness (QED) is 0.495. The summed E-state index contributed by atoms with van der Waals surface area (Å²) < 4.78 is 0. The lowest BCUT2D eigenvalue weighted by Crippen LogP contribution is -2.05. The van der Waals surface area contributed by atoms with Crippen LogP contribution in [0, 0.1) is 0 Å². The van der Waals surface area contributed by atoms with Gasteiger partial charge in [-0.1, -0.05) is 74.5 Å². The van der Waals surface area contributed by atoms with E-state index >= 15 is 0 Å². The predicted molar refractivity (Wildman–Crippen MR) is 112 cm³/mol. The maximum absolute atomic E-state index is 4.81. The molecule has 2 aromatic rings. The zero-order chi connectivity index (χ0) is 16.5. The lowest BCUT2D eigenvalue weighted by atomic mass is 10.2. The molecule has 124 valence electrons. The molecule has 0 aromatic heterocycles. The Bertz CT molecular complexity index is 541. The second-order valence-electron chi connectivity index (χ2n) is 5.71. The number of thioether (sulfide) groups is 2. The third-order valence-electron chi connectivity index (χ3n) is 3.92. The molecule has 0 aliphatic heterocycles. The van der Waals surface area contributed by atoms with E-state index in [-0.39, 0.29) is 0 Å². The van der Waals surface area contributed by atoms with Gasteiger partial charge in [0.25, 0.3) is 0 Å². The zero-order valence-electron chi connectivity index (χ0n) is 13.9. The fourth-order valence-corrected chi connectivity index (χ4v) is 5.20. The Morgan fingerprint density at radius 3 is 1.96 bits per heavy atom. The second kappa shape index (κ2) is 10.4. The molecule has 0 saturated heterocycles. The van der Waals surface area contributed by atoms with Crippen molar-refractivity contribution in [1.29, 1.82) is 0 Å². The summed E-state index contributed by atoms with van der Waals surface area (Å²) in [5.74, 6) is 2.20. The van der Waals surface area contributed by atoms with Crippen molar-refractivity contribution < 1.29 is 0 Å². The van der Waals surface area contributed by atoms with Gasteiger partial charge in [0.2, 0.25) is 0 Å². The molecule has 0 aliphatic rings. The van der Waals surface area contributed by atoms with Crippen molar-refractivity contribution in [1.82, 2.24) is 0 Å². The molecule has 0 aliphatic carbocycles. The predicted octanol–water partition coefficient (Wildman–Crippen LogP) is 6.66. The Morgan fingerprint density at radius 1 is 0.826 bits per heavy atom. The van der Waals surface area contributed by atoms with E-state index in [1.165, 1.54) is 23.3 Å².